The summed E-state index contributed by atoms with van der Waals surface area (Å²) in [6.45, 7) is 4.48. The van der Waals surface area contributed by atoms with Crippen LogP contribution in [0.1, 0.15) is 19.4 Å². The van der Waals surface area contributed by atoms with E-state index in [4.69, 9.17) is 10.4 Å². The summed E-state index contributed by atoms with van der Waals surface area (Å²) in [4.78, 5) is 1.86. The topological polar surface area (TPSA) is 101 Å². The van der Waals surface area contributed by atoms with Crippen LogP contribution in [-0.2, 0) is 6.42 Å². The molecule has 0 aliphatic rings. The van der Waals surface area contributed by atoms with Crippen LogP contribution >= 0.6 is 0 Å². The third kappa shape index (κ3) is 6.36. The van der Waals surface area contributed by atoms with Crippen molar-refractivity contribution in [2.75, 3.05) is 19.6 Å². The number of benzene rings is 1. The molecule has 0 aromatic heterocycles. The Morgan fingerprint density at radius 3 is 1.86 bits per heavy atom. The number of oxime groups is 3. The molecule has 0 bridgehead atoms. The minimum Gasteiger partial charge on any atom is -0.411 e. The normalized spacial score (nSPS) is 13.7. The molecule has 1 aromatic carbocycles. The lowest BCUT2D eigenvalue weighted by atomic mass is 10.1. The molecule has 0 spiro atoms. The molecule has 7 heteroatoms. The van der Waals surface area contributed by atoms with E-state index in [1.54, 1.807) is 13.8 Å². The Morgan fingerprint density at radius 2 is 1.41 bits per heavy atom. The van der Waals surface area contributed by atoms with Crippen molar-refractivity contribution in [2.24, 2.45) is 15.5 Å². The molecule has 1 rings (SSSR count). The summed E-state index contributed by atoms with van der Waals surface area (Å²) < 4.78 is 0. The van der Waals surface area contributed by atoms with E-state index in [0.717, 1.165) is 5.56 Å². The van der Waals surface area contributed by atoms with Crippen molar-refractivity contribution in [1.29, 1.82) is 0 Å². The van der Waals surface area contributed by atoms with Gasteiger partial charge < -0.3 is 15.6 Å². The van der Waals surface area contributed by atoms with Crippen molar-refractivity contribution >= 4 is 17.1 Å². The van der Waals surface area contributed by atoms with Gasteiger partial charge in [0.1, 0.15) is 0 Å². The first-order valence-corrected chi connectivity index (χ1v) is 6.90. The highest BCUT2D eigenvalue weighted by Gasteiger charge is 2.13. The third-order valence-electron chi connectivity index (χ3n) is 3.04. The predicted molar refractivity (Wildman–Crippen MR) is 85.6 cm³/mol. The summed E-state index contributed by atoms with van der Waals surface area (Å²) in [5.74, 6) is 0. The lowest BCUT2D eigenvalue weighted by molar-refractivity contribution is 0.300. The lowest BCUT2D eigenvalue weighted by Crippen LogP contribution is -2.37. The molecule has 0 saturated carbocycles. The van der Waals surface area contributed by atoms with E-state index in [0.29, 0.717) is 43.2 Å². The van der Waals surface area contributed by atoms with Crippen LogP contribution in [0, 0.1) is 0 Å². The van der Waals surface area contributed by atoms with Gasteiger partial charge in [0.15, 0.2) is 0 Å². The first-order chi connectivity index (χ1) is 10.6. The monoisotopic (exact) mass is 306 g/mol. The van der Waals surface area contributed by atoms with Gasteiger partial charge >= 0.3 is 0 Å². The smallest absolute Gasteiger partial charge is 0.0754 e. The third-order valence-corrected chi connectivity index (χ3v) is 3.04. The molecule has 0 amide bonds. The van der Waals surface area contributed by atoms with Crippen molar-refractivity contribution in [2.45, 2.75) is 20.3 Å². The molecular weight excluding hydrogens is 284 g/mol. The zero-order valence-corrected chi connectivity index (χ0v) is 12.8. The molecule has 22 heavy (non-hydrogen) atoms. The predicted octanol–water partition coefficient (Wildman–Crippen LogP) is 2.06. The first kappa shape index (κ1) is 17.6. The molecule has 120 valence electrons. The molecule has 1 aromatic rings. The Hall–Kier alpha value is -2.41. The highest BCUT2D eigenvalue weighted by molar-refractivity contribution is 5.91. The fourth-order valence-electron chi connectivity index (χ4n) is 2.09. The van der Waals surface area contributed by atoms with Crippen LogP contribution < -0.4 is 0 Å². The van der Waals surface area contributed by atoms with E-state index < -0.39 is 0 Å². The van der Waals surface area contributed by atoms with Gasteiger partial charge in [0.05, 0.1) is 17.1 Å². The summed E-state index contributed by atoms with van der Waals surface area (Å²) in [7, 11) is 0. The number of nitrogens with zero attached hydrogens (tertiary/aromatic N) is 4. The number of hydrogen-bond acceptors (Lipinski definition) is 7. The summed E-state index contributed by atoms with van der Waals surface area (Å²) >= 11 is 0. The zero-order valence-electron chi connectivity index (χ0n) is 12.8. The van der Waals surface area contributed by atoms with Crippen LogP contribution in [0.25, 0.3) is 0 Å². The second kappa shape index (κ2) is 9.51. The molecule has 0 radical (unpaired) electrons. The van der Waals surface area contributed by atoms with Gasteiger partial charge in [-0.3, -0.25) is 4.90 Å². The molecule has 0 aliphatic carbocycles. The Balaban J connectivity index is 2.76. The molecule has 7 nitrogen and oxygen atoms in total. The second-order valence-electron chi connectivity index (χ2n) is 5.14. The van der Waals surface area contributed by atoms with E-state index in [2.05, 4.69) is 15.5 Å². The summed E-state index contributed by atoms with van der Waals surface area (Å²) in [6.07, 6.45) is 0.512. The zero-order chi connectivity index (χ0) is 16.4. The molecule has 0 aliphatic heterocycles. The van der Waals surface area contributed by atoms with Gasteiger partial charge in [-0.05, 0) is 19.4 Å². The summed E-state index contributed by atoms with van der Waals surface area (Å²) in [5.41, 5.74) is 2.64. The Kier molecular flexibility index (Phi) is 7.63. The number of rotatable bonds is 8. The second-order valence-corrected chi connectivity index (χ2v) is 5.14. The summed E-state index contributed by atoms with van der Waals surface area (Å²) in [6, 6.07) is 9.68. The van der Waals surface area contributed by atoms with Gasteiger partial charge in [-0.15, -0.1) is 0 Å². The molecule has 0 saturated heterocycles. The van der Waals surface area contributed by atoms with Crippen molar-refractivity contribution in [3.8, 4) is 0 Å². The Labute approximate surface area is 129 Å². The molecule has 3 N–H and O–H groups in total. The minimum atomic E-state index is 0.366. The van der Waals surface area contributed by atoms with E-state index >= 15 is 0 Å². The van der Waals surface area contributed by atoms with E-state index in [9.17, 15) is 5.21 Å². The Bertz CT molecular complexity index is 521. The van der Waals surface area contributed by atoms with Crippen LogP contribution in [0.15, 0.2) is 45.8 Å². The van der Waals surface area contributed by atoms with Gasteiger partial charge in [0.2, 0.25) is 0 Å². The fraction of sp³-hybridized carbons (Fsp3) is 0.400. The van der Waals surface area contributed by atoms with Crippen LogP contribution in [0.3, 0.4) is 0 Å². The minimum absolute atomic E-state index is 0.366. The average molecular weight is 306 g/mol. The average Bonchev–Trinajstić information content (AvgIpc) is 2.54. The molecular formula is C15H22N4O3. The fourth-order valence-corrected chi connectivity index (χ4v) is 2.09. The van der Waals surface area contributed by atoms with Gasteiger partial charge in [0.25, 0.3) is 0 Å². The maximum atomic E-state index is 9.22. The van der Waals surface area contributed by atoms with Crippen LogP contribution in [-0.4, -0.2) is 57.3 Å². The quantitative estimate of drug-likeness (QED) is 0.389. The van der Waals surface area contributed by atoms with E-state index in [1.807, 2.05) is 35.2 Å². The lowest BCUT2D eigenvalue weighted by Gasteiger charge is -2.21. The molecule has 0 fully saturated rings. The van der Waals surface area contributed by atoms with Gasteiger partial charge in [0, 0.05) is 26.1 Å². The molecule has 0 atom stereocenters. The SMILES string of the molecule is C/C(CN(C/C(C)=N/O)C/C(Cc1ccccc1)=N/O)=N\O. The van der Waals surface area contributed by atoms with Crippen molar-refractivity contribution in [3.63, 3.8) is 0 Å². The van der Waals surface area contributed by atoms with Crippen LogP contribution in [0.2, 0.25) is 0 Å². The largest absolute Gasteiger partial charge is 0.411 e. The first-order valence-electron chi connectivity index (χ1n) is 6.90. The Morgan fingerprint density at radius 1 is 0.864 bits per heavy atom. The maximum absolute atomic E-state index is 9.22. The van der Waals surface area contributed by atoms with E-state index in [-0.39, 0.29) is 0 Å². The van der Waals surface area contributed by atoms with Gasteiger partial charge in [-0.1, -0.05) is 45.8 Å². The van der Waals surface area contributed by atoms with Gasteiger partial charge in [-0.2, -0.15) is 0 Å². The van der Waals surface area contributed by atoms with Crippen molar-refractivity contribution in [3.05, 3.63) is 35.9 Å². The molecule has 0 heterocycles. The van der Waals surface area contributed by atoms with Crippen LogP contribution in [0.4, 0.5) is 0 Å². The van der Waals surface area contributed by atoms with E-state index in [1.165, 1.54) is 0 Å². The number of hydrogen-bond donors (Lipinski definition) is 3. The maximum Gasteiger partial charge on any atom is 0.0754 e. The van der Waals surface area contributed by atoms with Gasteiger partial charge in [-0.25, -0.2) is 0 Å². The van der Waals surface area contributed by atoms with Crippen molar-refractivity contribution in [1.82, 2.24) is 4.90 Å². The highest BCUT2D eigenvalue weighted by atomic mass is 16.4. The molecule has 0 unspecified atom stereocenters. The van der Waals surface area contributed by atoms with Crippen molar-refractivity contribution < 1.29 is 15.6 Å². The summed E-state index contributed by atoms with van der Waals surface area (Å²) in [5, 5.41) is 36.5. The van der Waals surface area contributed by atoms with Crippen LogP contribution in [0.5, 0.6) is 0 Å². The standard InChI is InChI=1S/C15H22N4O3/c1-12(16-20)9-19(10-13(2)17-21)11-15(18-22)8-14-6-4-3-5-7-14/h3-7,20-22H,8-11H2,1-2H3/b16-12+,17-13+,18-15+. The highest BCUT2D eigenvalue weighted by Crippen LogP contribution is 2.03.